The van der Waals surface area contributed by atoms with Crippen LogP contribution in [0.2, 0.25) is 0 Å². The molecule has 0 saturated carbocycles. The number of hydrogen-bond acceptors (Lipinski definition) is 4. The lowest BCUT2D eigenvalue weighted by Gasteiger charge is -2.26. The van der Waals surface area contributed by atoms with Crippen molar-refractivity contribution in [3.05, 3.63) is 35.7 Å². The highest BCUT2D eigenvalue weighted by molar-refractivity contribution is 7.99. The molecular weight excluding hydrogens is 264 g/mol. The van der Waals surface area contributed by atoms with Gasteiger partial charge in [-0.05, 0) is 12.1 Å². The number of aliphatic carboxylic acids is 1. The summed E-state index contributed by atoms with van der Waals surface area (Å²) in [7, 11) is 0. The Morgan fingerprint density at radius 2 is 2.11 bits per heavy atom. The zero-order valence-corrected chi connectivity index (χ0v) is 11.1. The number of aromatic nitrogens is 1. The molecule has 100 valence electrons. The van der Waals surface area contributed by atoms with E-state index in [0.29, 0.717) is 11.1 Å². The van der Waals surface area contributed by atoms with Gasteiger partial charge in [0.15, 0.2) is 0 Å². The number of hydrogen-bond donors (Lipinski definition) is 1. The fourth-order valence-corrected chi connectivity index (χ4v) is 2.74. The van der Waals surface area contributed by atoms with Gasteiger partial charge in [-0.2, -0.15) is 11.8 Å². The van der Waals surface area contributed by atoms with Crippen LogP contribution >= 0.6 is 11.8 Å². The fraction of sp³-hybridized carbons (Fsp3) is 0.308. The van der Waals surface area contributed by atoms with Crippen molar-refractivity contribution in [2.24, 2.45) is 0 Å². The number of rotatable bonds is 3. The molecule has 19 heavy (non-hydrogen) atoms. The van der Waals surface area contributed by atoms with E-state index in [2.05, 4.69) is 4.98 Å². The van der Waals surface area contributed by atoms with Gasteiger partial charge >= 0.3 is 5.97 Å². The second-order valence-electron chi connectivity index (χ2n) is 4.04. The van der Waals surface area contributed by atoms with Gasteiger partial charge in [0.25, 0.3) is 5.91 Å². The van der Waals surface area contributed by atoms with E-state index in [-0.39, 0.29) is 5.91 Å². The fourth-order valence-electron chi connectivity index (χ4n) is 1.83. The van der Waals surface area contributed by atoms with Crippen LogP contribution in [0.25, 0.3) is 6.08 Å². The predicted octanol–water partition coefficient (Wildman–Crippen LogP) is 1.37. The standard InChI is InChI=1S/C13H14N2O3S/c16-12(17)2-1-10-9-14-4-3-11(10)13(18)15-5-7-19-8-6-15/h1-4,9H,5-8H2,(H,16,17). The third-order valence-electron chi connectivity index (χ3n) is 2.79. The number of carboxylic acid groups (broad SMARTS) is 1. The van der Waals surface area contributed by atoms with Gasteiger partial charge in [0.1, 0.15) is 0 Å². The van der Waals surface area contributed by atoms with Crippen molar-refractivity contribution in [1.82, 2.24) is 9.88 Å². The highest BCUT2D eigenvalue weighted by Gasteiger charge is 2.20. The van der Waals surface area contributed by atoms with Gasteiger partial charge < -0.3 is 10.0 Å². The Balaban J connectivity index is 2.23. The summed E-state index contributed by atoms with van der Waals surface area (Å²) in [6.07, 6.45) is 5.47. The first-order valence-electron chi connectivity index (χ1n) is 5.90. The summed E-state index contributed by atoms with van der Waals surface area (Å²) in [4.78, 5) is 28.7. The number of carbonyl (C=O) groups is 2. The number of nitrogens with zero attached hydrogens (tertiary/aromatic N) is 2. The van der Waals surface area contributed by atoms with E-state index in [4.69, 9.17) is 5.11 Å². The summed E-state index contributed by atoms with van der Waals surface area (Å²) in [5, 5.41) is 8.65. The first kappa shape index (κ1) is 13.6. The minimum absolute atomic E-state index is 0.0623. The molecule has 2 heterocycles. The van der Waals surface area contributed by atoms with Gasteiger partial charge in [0.2, 0.25) is 0 Å². The van der Waals surface area contributed by atoms with Crippen LogP contribution in [0.3, 0.4) is 0 Å². The predicted molar refractivity (Wildman–Crippen MR) is 74.1 cm³/mol. The van der Waals surface area contributed by atoms with Crippen molar-refractivity contribution in [3.63, 3.8) is 0 Å². The third kappa shape index (κ3) is 3.57. The van der Waals surface area contributed by atoms with Crippen LogP contribution in [-0.2, 0) is 4.79 Å². The molecule has 1 aromatic rings. The SMILES string of the molecule is O=C(O)C=Cc1cnccc1C(=O)N1CCSCC1. The Morgan fingerprint density at radius 1 is 1.37 bits per heavy atom. The minimum Gasteiger partial charge on any atom is -0.478 e. The van der Waals surface area contributed by atoms with E-state index in [0.717, 1.165) is 30.7 Å². The molecule has 1 amide bonds. The number of carboxylic acids is 1. The van der Waals surface area contributed by atoms with Crippen molar-refractivity contribution in [1.29, 1.82) is 0 Å². The Bertz CT molecular complexity index is 510. The van der Waals surface area contributed by atoms with Crippen molar-refractivity contribution in [2.45, 2.75) is 0 Å². The Hall–Kier alpha value is -1.82. The van der Waals surface area contributed by atoms with Gasteiger partial charge in [-0.1, -0.05) is 0 Å². The molecular formula is C13H14N2O3S. The van der Waals surface area contributed by atoms with E-state index in [1.54, 1.807) is 17.2 Å². The van der Waals surface area contributed by atoms with Crippen LogP contribution < -0.4 is 0 Å². The lowest BCUT2D eigenvalue weighted by Crippen LogP contribution is -2.38. The quantitative estimate of drug-likeness (QED) is 0.846. The normalized spacial score (nSPS) is 15.7. The van der Waals surface area contributed by atoms with E-state index in [1.807, 2.05) is 11.8 Å². The number of carbonyl (C=O) groups excluding carboxylic acids is 1. The van der Waals surface area contributed by atoms with Crippen LogP contribution in [0.1, 0.15) is 15.9 Å². The maximum absolute atomic E-state index is 12.4. The molecule has 1 fully saturated rings. The van der Waals surface area contributed by atoms with E-state index in [1.165, 1.54) is 12.3 Å². The molecule has 0 aliphatic carbocycles. The largest absolute Gasteiger partial charge is 0.478 e. The van der Waals surface area contributed by atoms with Gasteiger partial charge in [-0.25, -0.2) is 4.79 Å². The van der Waals surface area contributed by atoms with Crippen LogP contribution in [0.15, 0.2) is 24.5 Å². The molecule has 0 bridgehead atoms. The van der Waals surface area contributed by atoms with Crippen molar-refractivity contribution in [2.75, 3.05) is 24.6 Å². The second kappa shape index (κ2) is 6.38. The zero-order valence-electron chi connectivity index (χ0n) is 10.3. The Morgan fingerprint density at radius 3 is 2.79 bits per heavy atom. The summed E-state index contributed by atoms with van der Waals surface area (Å²) in [5.41, 5.74) is 1.03. The monoisotopic (exact) mass is 278 g/mol. The van der Waals surface area contributed by atoms with E-state index >= 15 is 0 Å². The number of thioether (sulfide) groups is 1. The molecule has 1 aliphatic rings. The van der Waals surface area contributed by atoms with Crippen molar-refractivity contribution in [3.8, 4) is 0 Å². The summed E-state index contributed by atoms with van der Waals surface area (Å²) in [6.45, 7) is 1.46. The van der Waals surface area contributed by atoms with Gasteiger partial charge in [-0.3, -0.25) is 9.78 Å². The molecule has 0 spiro atoms. The highest BCUT2D eigenvalue weighted by Crippen LogP contribution is 2.16. The molecule has 0 aromatic carbocycles. The molecule has 0 unspecified atom stereocenters. The van der Waals surface area contributed by atoms with Crippen LogP contribution in [-0.4, -0.2) is 51.5 Å². The van der Waals surface area contributed by atoms with E-state index < -0.39 is 5.97 Å². The van der Waals surface area contributed by atoms with Gasteiger partial charge in [0.05, 0.1) is 0 Å². The van der Waals surface area contributed by atoms with Crippen molar-refractivity contribution >= 4 is 29.7 Å². The number of amides is 1. The first-order chi connectivity index (χ1) is 9.18. The Kier molecular flexibility index (Phi) is 4.57. The van der Waals surface area contributed by atoms with Crippen LogP contribution in [0.4, 0.5) is 0 Å². The minimum atomic E-state index is -1.04. The molecule has 1 saturated heterocycles. The topological polar surface area (TPSA) is 70.5 Å². The van der Waals surface area contributed by atoms with Crippen LogP contribution in [0.5, 0.6) is 0 Å². The van der Waals surface area contributed by atoms with E-state index in [9.17, 15) is 9.59 Å². The molecule has 2 rings (SSSR count). The maximum atomic E-state index is 12.4. The molecule has 1 aromatic heterocycles. The summed E-state index contributed by atoms with van der Waals surface area (Å²) in [5.74, 6) is 0.776. The smallest absolute Gasteiger partial charge is 0.328 e. The first-order valence-corrected chi connectivity index (χ1v) is 7.06. The number of pyridine rings is 1. The lowest BCUT2D eigenvalue weighted by atomic mass is 10.1. The molecule has 5 nitrogen and oxygen atoms in total. The highest BCUT2D eigenvalue weighted by atomic mass is 32.2. The lowest BCUT2D eigenvalue weighted by molar-refractivity contribution is -0.131. The van der Waals surface area contributed by atoms with Crippen molar-refractivity contribution < 1.29 is 14.7 Å². The second-order valence-corrected chi connectivity index (χ2v) is 5.26. The Labute approximate surface area is 115 Å². The zero-order chi connectivity index (χ0) is 13.7. The molecule has 0 atom stereocenters. The summed E-state index contributed by atoms with van der Waals surface area (Å²) in [6, 6.07) is 1.63. The third-order valence-corrected chi connectivity index (χ3v) is 3.73. The average Bonchev–Trinajstić information content (AvgIpc) is 2.45. The van der Waals surface area contributed by atoms with Gasteiger partial charge in [-0.15, -0.1) is 0 Å². The molecule has 6 heteroatoms. The molecule has 1 aliphatic heterocycles. The molecule has 1 N–H and O–H groups in total. The summed E-state index contributed by atoms with van der Waals surface area (Å²) >= 11 is 1.83. The van der Waals surface area contributed by atoms with Gasteiger partial charge in [0, 0.05) is 54.2 Å². The van der Waals surface area contributed by atoms with Crippen LogP contribution in [0, 0.1) is 0 Å². The maximum Gasteiger partial charge on any atom is 0.328 e. The molecule has 0 radical (unpaired) electrons. The summed E-state index contributed by atoms with van der Waals surface area (Å²) < 4.78 is 0. The average molecular weight is 278 g/mol.